The van der Waals surface area contributed by atoms with E-state index in [4.69, 9.17) is 4.74 Å². The van der Waals surface area contributed by atoms with Crippen LogP contribution < -0.4 is 5.32 Å². The van der Waals surface area contributed by atoms with Crippen LogP contribution in [0.2, 0.25) is 0 Å². The topological polar surface area (TPSA) is 71.5 Å². The summed E-state index contributed by atoms with van der Waals surface area (Å²) in [6, 6.07) is 3.53. The third-order valence-electron chi connectivity index (χ3n) is 5.25. The quantitative estimate of drug-likeness (QED) is 0.884. The van der Waals surface area contributed by atoms with E-state index in [1.54, 1.807) is 24.5 Å². The van der Waals surface area contributed by atoms with Crippen molar-refractivity contribution in [1.82, 2.24) is 15.2 Å². The molecule has 136 valence electrons. The molecule has 1 N–H and O–H groups in total. The Morgan fingerprint density at radius 3 is 2.60 bits per heavy atom. The van der Waals surface area contributed by atoms with Gasteiger partial charge in [0.05, 0.1) is 5.56 Å². The van der Waals surface area contributed by atoms with Gasteiger partial charge in [-0.05, 0) is 49.7 Å². The van der Waals surface area contributed by atoms with Gasteiger partial charge >= 0.3 is 0 Å². The monoisotopic (exact) mass is 345 g/mol. The predicted octanol–water partition coefficient (Wildman–Crippen LogP) is 1.87. The van der Waals surface area contributed by atoms with E-state index in [-0.39, 0.29) is 11.8 Å². The molecule has 6 heteroatoms. The van der Waals surface area contributed by atoms with Crippen LogP contribution in [0.3, 0.4) is 0 Å². The number of pyridine rings is 1. The number of aromatic nitrogens is 1. The number of ether oxygens (including phenoxy) is 1. The van der Waals surface area contributed by atoms with Gasteiger partial charge in [0.1, 0.15) is 0 Å². The summed E-state index contributed by atoms with van der Waals surface area (Å²) < 4.78 is 5.36. The van der Waals surface area contributed by atoms with Gasteiger partial charge in [-0.1, -0.05) is 0 Å². The van der Waals surface area contributed by atoms with Gasteiger partial charge in [-0.2, -0.15) is 0 Å². The van der Waals surface area contributed by atoms with Crippen molar-refractivity contribution in [2.75, 3.05) is 32.8 Å². The smallest absolute Gasteiger partial charge is 0.252 e. The van der Waals surface area contributed by atoms with E-state index in [9.17, 15) is 9.59 Å². The van der Waals surface area contributed by atoms with E-state index < -0.39 is 0 Å². The van der Waals surface area contributed by atoms with E-state index in [0.717, 1.165) is 52.0 Å². The molecule has 0 bridgehead atoms. The molecule has 0 spiro atoms. The van der Waals surface area contributed by atoms with E-state index in [1.807, 2.05) is 4.90 Å². The molecule has 0 aliphatic carbocycles. The average molecular weight is 345 g/mol. The Labute approximate surface area is 148 Å². The lowest BCUT2D eigenvalue weighted by Gasteiger charge is -2.33. The van der Waals surface area contributed by atoms with Gasteiger partial charge in [0.15, 0.2) is 0 Å². The minimum atomic E-state index is -0.0777. The molecule has 1 aromatic heterocycles. The second kappa shape index (κ2) is 8.94. The first-order valence-electron chi connectivity index (χ1n) is 9.26. The van der Waals surface area contributed by atoms with Crippen molar-refractivity contribution in [3.8, 4) is 0 Å². The normalized spacial score (nSPS) is 19.6. The van der Waals surface area contributed by atoms with Crippen molar-refractivity contribution >= 4 is 11.8 Å². The van der Waals surface area contributed by atoms with Crippen LogP contribution >= 0.6 is 0 Å². The molecule has 2 fully saturated rings. The van der Waals surface area contributed by atoms with E-state index in [1.165, 1.54) is 0 Å². The molecule has 2 saturated heterocycles. The molecular formula is C19H27N3O3. The SMILES string of the molecule is O=C(NCC1CCN(C(=O)CC2CCOCC2)CC1)c1cccnc1. The lowest BCUT2D eigenvalue weighted by Crippen LogP contribution is -2.42. The molecule has 3 rings (SSSR count). The maximum atomic E-state index is 12.4. The molecular weight excluding hydrogens is 318 g/mol. The lowest BCUT2D eigenvalue weighted by molar-refractivity contribution is -0.134. The summed E-state index contributed by atoms with van der Waals surface area (Å²) in [5.74, 6) is 1.13. The highest BCUT2D eigenvalue weighted by Gasteiger charge is 2.25. The van der Waals surface area contributed by atoms with Crippen LogP contribution in [0.15, 0.2) is 24.5 Å². The molecule has 25 heavy (non-hydrogen) atoms. The zero-order valence-corrected chi connectivity index (χ0v) is 14.7. The first-order chi connectivity index (χ1) is 12.2. The number of likely N-dealkylation sites (tertiary alicyclic amines) is 1. The maximum Gasteiger partial charge on any atom is 0.252 e. The van der Waals surface area contributed by atoms with Crippen LogP contribution in [0.1, 0.15) is 42.5 Å². The molecule has 0 atom stereocenters. The Kier molecular flexibility index (Phi) is 6.39. The molecule has 6 nitrogen and oxygen atoms in total. The van der Waals surface area contributed by atoms with Gasteiger partial charge in [-0.25, -0.2) is 0 Å². The summed E-state index contributed by atoms with van der Waals surface area (Å²) in [7, 11) is 0. The number of nitrogens with zero attached hydrogens (tertiary/aromatic N) is 2. The van der Waals surface area contributed by atoms with Crippen molar-refractivity contribution in [2.45, 2.75) is 32.1 Å². The van der Waals surface area contributed by atoms with Crippen molar-refractivity contribution in [3.05, 3.63) is 30.1 Å². The summed E-state index contributed by atoms with van der Waals surface area (Å²) in [5, 5.41) is 2.98. The molecule has 2 aliphatic rings. The average Bonchev–Trinajstić information content (AvgIpc) is 2.68. The van der Waals surface area contributed by atoms with Gasteiger partial charge in [-0.15, -0.1) is 0 Å². The molecule has 2 amide bonds. The van der Waals surface area contributed by atoms with Gasteiger partial charge in [0, 0.05) is 51.7 Å². The van der Waals surface area contributed by atoms with Gasteiger partial charge in [-0.3, -0.25) is 14.6 Å². The maximum absolute atomic E-state index is 12.4. The second-order valence-electron chi connectivity index (χ2n) is 7.04. The zero-order chi connectivity index (χ0) is 17.5. The Morgan fingerprint density at radius 2 is 1.92 bits per heavy atom. The summed E-state index contributed by atoms with van der Waals surface area (Å²) in [6.45, 7) is 3.84. The Balaban J connectivity index is 1.36. The van der Waals surface area contributed by atoms with E-state index >= 15 is 0 Å². The van der Waals surface area contributed by atoms with Crippen molar-refractivity contribution in [1.29, 1.82) is 0 Å². The summed E-state index contributed by atoms with van der Waals surface area (Å²) in [6.07, 6.45) is 7.80. The fourth-order valence-electron chi connectivity index (χ4n) is 3.55. The van der Waals surface area contributed by atoms with Crippen molar-refractivity contribution in [2.24, 2.45) is 11.8 Å². The number of carbonyl (C=O) groups is 2. The largest absolute Gasteiger partial charge is 0.381 e. The zero-order valence-electron chi connectivity index (χ0n) is 14.7. The van der Waals surface area contributed by atoms with Crippen molar-refractivity contribution < 1.29 is 14.3 Å². The Hall–Kier alpha value is -1.95. The first kappa shape index (κ1) is 17.9. The Morgan fingerprint density at radius 1 is 1.16 bits per heavy atom. The van der Waals surface area contributed by atoms with Gasteiger partial charge in [0.2, 0.25) is 5.91 Å². The van der Waals surface area contributed by atoms with Gasteiger partial charge in [0.25, 0.3) is 5.91 Å². The van der Waals surface area contributed by atoms with Crippen LogP contribution in [0.25, 0.3) is 0 Å². The van der Waals surface area contributed by atoms with Crippen LogP contribution in [0.4, 0.5) is 0 Å². The number of hydrogen-bond donors (Lipinski definition) is 1. The van der Waals surface area contributed by atoms with E-state index in [0.29, 0.717) is 30.4 Å². The lowest BCUT2D eigenvalue weighted by atomic mass is 9.93. The number of piperidine rings is 1. The van der Waals surface area contributed by atoms with Crippen LogP contribution in [0, 0.1) is 11.8 Å². The summed E-state index contributed by atoms with van der Waals surface area (Å²) in [4.78, 5) is 30.4. The standard InChI is InChI=1S/C19H27N3O3/c23-18(12-15-5-10-25-11-6-15)22-8-3-16(4-9-22)13-21-19(24)17-2-1-7-20-14-17/h1-2,7,14-16H,3-6,8-13H2,(H,21,24). The van der Waals surface area contributed by atoms with Crippen LogP contribution in [0.5, 0.6) is 0 Å². The van der Waals surface area contributed by atoms with Crippen LogP contribution in [-0.4, -0.2) is 54.5 Å². The molecule has 0 aromatic carbocycles. The highest BCUT2D eigenvalue weighted by Crippen LogP contribution is 2.22. The molecule has 1 aromatic rings. The summed E-state index contributed by atoms with van der Waals surface area (Å²) in [5.41, 5.74) is 0.589. The molecule has 0 saturated carbocycles. The predicted molar refractivity (Wildman–Crippen MR) is 94.0 cm³/mol. The van der Waals surface area contributed by atoms with Gasteiger partial charge < -0.3 is 15.0 Å². The molecule has 0 radical (unpaired) electrons. The third kappa shape index (κ3) is 5.26. The Bertz CT molecular complexity index is 565. The number of nitrogens with one attached hydrogen (secondary N) is 1. The fourth-order valence-corrected chi connectivity index (χ4v) is 3.55. The van der Waals surface area contributed by atoms with Crippen molar-refractivity contribution in [3.63, 3.8) is 0 Å². The van der Waals surface area contributed by atoms with Crippen LogP contribution in [-0.2, 0) is 9.53 Å². The fraction of sp³-hybridized carbons (Fsp3) is 0.632. The minimum absolute atomic E-state index is 0.0777. The molecule has 0 unspecified atom stereocenters. The molecule has 2 aliphatic heterocycles. The number of amides is 2. The highest BCUT2D eigenvalue weighted by atomic mass is 16.5. The molecule has 3 heterocycles. The number of hydrogen-bond acceptors (Lipinski definition) is 4. The number of carbonyl (C=O) groups excluding carboxylic acids is 2. The number of rotatable bonds is 5. The first-order valence-corrected chi connectivity index (χ1v) is 9.26. The minimum Gasteiger partial charge on any atom is -0.381 e. The third-order valence-corrected chi connectivity index (χ3v) is 5.25. The van der Waals surface area contributed by atoms with E-state index in [2.05, 4.69) is 10.3 Å². The summed E-state index contributed by atoms with van der Waals surface area (Å²) >= 11 is 0. The highest BCUT2D eigenvalue weighted by molar-refractivity contribution is 5.93. The second-order valence-corrected chi connectivity index (χ2v) is 7.04.